The van der Waals surface area contributed by atoms with E-state index in [0.29, 0.717) is 42.5 Å². The number of carbonyl (C=O) groups excluding carboxylic acids is 1. The third kappa shape index (κ3) is 4.35. The minimum Gasteiger partial charge on any atom is -0.481 e. The van der Waals surface area contributed by atoms with Gasteiger partial charge in [0, 0.05) is 5.56 Å². The normalized spacial score (nSPS) is 16.3. The molecule has 1 amide bonds. The lowest BCUT2D eigenvalue weighted by atomic mass is 9.93. The summed E-state index contributed by atoms with van der Waals surface area (Å²) in [5.41, 5.74) is 4.02. The van der Waals surface area contributed by atoms with Crippen molar-refractivity contribution in [2.24, 2.45) is 5.92 Å². The molecule has 0 unspecified atom stereocenters. The maximum Gasteiger partial charge on any atom is 0.411 e. The summed E-state index contributed by atoms with van der Waals surface area (Å²) in [6.07, 6.45) is 4.23. The molecule has 0 atom stereocenters. The van der Waals surface area contributed by atoms with Gasteiger partial charge in [-0.3, -0.25) is 10.1 Å². The lowest BCUT2D eigenvalue weighted by Gasteiger charge is -2.11. The van der Waals surface area contributed by atoms with Crippen molar-refractivity contribution in [2.45, 2.75) is 44.4 Å². The number of nitrogens with one attached hydrogen (secondary N) is 1. The van der Waals surface area contributed by atoms with Crippen molar-refractivity contribution in [1.29, 1.82) is 0 Å². The summed E-state index contributed by atoms with van der Waals surface area (Å²) in [6.45, 7) is 2.18. The van der Waals surface area contributed by atoms with E-state index in [-0.39, 0.29) is 0 Å². The van der Waals surface area contributed by atoms with Gasteiger partial charge in [-0.15, -0.1) is 0 Å². The van der Waals surface area contributed by atoms with E-state index in [1.165, 1.54) is 12.8 Å². The lowest BCUT2D eigenvalue weighted by molar-refractivity contribution is -0.140. The number of amides is 1. The van der Waals surface area contributed by atoms with Crippen LogP contribution in [0.3, 0.4) is 0 Å². The van der Waals surface area contributed by atoms with Crippen molar-refractivity contribution < 1.29 is 24.0 Å². The maximum absolute atomic E-state index is 12.2. The van der Waals surface area contributed by atoms with E-state index in [9.17, 15) is 14.7 Å². The van der Waals surface area contributed by atoms with Crippen LogP contribution in [-0.2, 0) is 14.9 Å². The fraction of sp³-hybridized carbons (Fsp3) is 0.346. The summed E-state index contributed by atoms with van der Waals surface area (Å²) in [4.78, 5) is 23.7. The van der Waals surface area contributed by atoms with Crippen LogP contribution < -0.4 is 5.32 Å². The smallest absolute Gasteiger partial charge is 0.411 e. The van der Waals surface area contributed by atoms with Crippen LogP contribution in [0.2, 0.25) is 0 Å². The van der Waals surface area contributed by atoms with Gasteiger partial charge in [-0.1, -0.05) is 66.5 Å². The number of benzene rings is 2. The summed E-state index contributed by atoms with van der Waals surface area (Å²) >= 11 is 0. The Morgan fingerprint density at radius 3 is 2.24 bits per heavy atom. The van der Waals surface area contributed by atoms with E-state index >= 15 is 0 Å². The van der Waals surface area contributed by atoms with Gasteiger partial charge < -0.3 is 14.4 Å². The number of hydrogen-bond donors (Lipinski definition) is 2. The molecule has 2 saturated carbocycles. The van der Waals surface area contributed by atoms with Gasteiger partial charge in [0.05, 0.1) is 12.0 Å². The summed E-state index contributed by atoms with van der Waals surface area (Å²) in [5, 5.41) is 16.3. The fourth-order valence-electron chi connectivity index (χ4n) is 4.12. The van der Waals surface area contributed by atoms with Crippen LogP contribution in [0.1, 0.15) is 43.4 Å². The monoisotopic (exact) mass is 446 g/mol. The first-order chi connectivity index (χ1) is 16.0. The third-order valence-corrected chi connectivity index (χ3v) is 6.62. The Bertz CT molecular complexity index is 1170. The Morgan fingerprint density at radius 2 is 1.67 bits per heavy atom. The van der Waals surface area contributed by atoms with Gasteiger partial charge in [0.2, 0.25) is 0 Å². The zero-order valence-electron chi connectivity index (χ0n) is 18.5. The maximum atomic E-state index is 12.2. The average Bonchev–Trinajstić information content (AvgIpc) is 3.74. The highest BCUT2D eigenvalue weighted by Crippen LogP contribution is 2.48. The van der Waals surface area contributed by atoms with Gasteiger partial charge in [-0.25, -0.2) is 4.79 Å². The first-order valence-corrected chi connectivity index (χ1v) is 11.3. The first kappa shape index (κ1) is 21.2. The highest BCUT2D eigenvalue weighted by molar-refractivity contribution is 5.91. The molecule has 0 spiro atoms. The summed E-state index contributed by atoms with van der Waals surface area (Å²) in [6, 6.07) is 15.5. The number of aromatic nitrogens is 1. The second kappa shape index (κ2) is 8.39. The number of ether oxygens (including phenoxy) is 1. The Kier molecular flexibility index (Phi) is 5.40. The van der Waals surface area contributed by atoms with E-state index in [4.69, 9.17) is 9.26 Å². The Balaban J connectivity index is 1.29. The molecule has 170 valence electrons. The molecule has 7 nitrogen and oxygen atoms in total. The number of rotatable bonds is 8. The molecule has 0 saturated heterocycles. The van der Waals surface area contributed by atoms with Crippen LogP contribution in [0, 0.1) is 12.8 Å². The summed E-state index contributed by atoms with van der Waals surface area (Å²) in [5.74, 6) is 0.427. The highest BCUT2D eigenvalue weighted by Gasteiger charge is 2.51. The molecule has 3 aromatic rings. The molecule has 1 aromatic heterocycles. The second-order valence-corrected chi connectivity index (χ2v) is 9.01. The third-order valence-electron chi connectivity index (χ3n) is 6.62. The van der Waals surface area contributed by atoms with Crippen LogP contribution in [0.15, 0.2) is 53.1 Å². The van der Waals surface area contributed by atoms with Crippen LogP contribution in [-0.4, -0.2) is 28.9 Å². The first-order valence-electron chi connectivity index (χ1n) is 11.3. The van der Waals surface area contributed by atoms with Crippen molar-refractivity contribution in [3.05, 3.63) is 59.8 Å². The minimum atomic E-state index is -0.752. The quantitative estimate of drug-likeness (QED) is 0.455. The zero-order valence-corrected chi connectivity index (χ0v) is 18.5. The van der Waals surface area contributed by atoms with Gasteiger partial charge in [-0.2, -0.15) is 0 Å². The summed E-state index contributed by atoms with van der Waals surface area (Å²) in [7, 11) is 0. The predicted molar refractivity (Wildman–Crippen MR) is 123 cm³/mol. The molecule has 0 radical (unpaired) electrons. The van der Waals surface area contributed by atoms with Crippen molar-refractivity contribution in [3.8, 4) is 22.5 Å². The molecule has 0 bridgehead atoms. The molecule has 5 rings (SSSR count). The highest BCUT2D eigenvalue weighted by atomic mass is 16.5. The molecule has 2 aliphatic carbocycles. The average molecular weight is 447 g/mol. The van der Waals surface area contributed by atoms with Crippen molar-refractivity contribution in [2.75, 3.05) is 11.9 Å². The number of nitrogens with zero attached hydrogens (tertiary/aromatic N) is 1. The number of carboxylic acids is 1. The van der Waals surface area contributed by atoms with Crippen LogP contribution >= 0.6 is 0 Å². The number of anilines is 1. The molecular weight excluding hydrogens is 420 g/mol. The van der Waals surface area contributed by atoms with E-state index in [2.05, 4.69) is 10.5 Å². The standard InChI is InChI=1S/C26H26N2O5/c1-16-22(27-25(31)32-15-12-17-2-3-17)23(33-28-16)20-6-4-18(5-7-20)19-8-10-21(11-9-19)26(13-14-26)24(29)30/h4-11,17H,2-3,12-15H2,1H3,(H,27,31)(H,29,30). The Hall–Kier alpha value is -3.61. The SMILES string of the molecule is Cc1noc(-c2ccc(-c3ccc(C4(C(=O)O)CC4)cc3)cc2)c1NC(=O)OCCC1CC1. The lowest BCUT2D eigenvalue weighted by Crippen LogP contribution is -2.19. The molecule has 1 heterocycles. The van der Waals surface area contributed by atoms with Gasteiger partial charge in [0.1, 0.15) is 11.4 Å². The molecule has 7 heteroatoms. The molecule has 33 heavy (non-hydrogen) atoms. The number of hydrogen-bond acceptors (Lipinski definition) is 5. The number of aryl methyl sites for hydroxylation is 1. The second-order valence-electron chi connectivity index (χ2n) is 9.01. The van der Waals surface area contributed by atoms with Crippen LogP contribution in [0.5, 0.6) is 0 Å². The predicted octanol–water partition coefficient (Wildman–Crippen LogP) is 5.78. The number of aliphatic carboxylic acids is 1. The molecular formula is C26H26N2O5. The van der Waals surface area contributed by atoms with E-state index in [1.807, 2.05) is 48.5 Å². The van der Waals surface area contributed by atoms with Gasteiger partial charge in [0.25, 0.3) is 0 Å². The molecule has 2 fully saturated rings. The van der Waals surface area contributed by atoms with Crippen molar-refractivity contribution in [3.63, 3.8) is 0 Å². The molecule has 0 aliphatic heterocycles. The Labute approximate surface area is 191 Å². The zero-order chi connectivity index (χ0) is 23.0. The minimum absolute atomic E-state index is 0.414. The number of carbonyl (C=O) groups is 2. The van der Waals surface area contributed by atoms with Crippen LogP contribution in [0.25, 0.3) is 22.5 Å². The van der Waals surface area contributed by atoms with Gasteiger partial charge >= 0.3 is 12.1 Å². The van der Waals surface area contributed by atoms with Gasteiger partial charge in [0.15, 0.2) is 5.76 Å². The topological polar surface area (TPSA) is 102 Å². The summed E-state index contributed by atoms with van der Waals surface area (Å²) < 4.78 is 10.8. The largest absolute Gasteiger partial charge is 0.481 e. The van der Waals surface area contributed by atoms with E-state index in [0.717, 1.165) is 28.7 Å². The molecule has 2 N–H and O–H groups in total. The molecule has 2 aliphatic rings. The molecule has 2 aromatic carbocycles. The van der Waals surface area contributed by atoms with E-state index in [1.54, 1.807) is 6.92 Å². The van der Waals surface area contributed by atoms with Crippen LogP contribution in [0.4, 0.5) is 10.5 Å². The fourth-order valence-corrected chi connectivity index (χ4v) is 4.12. The van der Waals surface area contributed by atoms with Gasteiger partial charge in [-0.05, 0) is 48.8 Å². The van der Waals surface area contributed by atoms with Crippen molar-refractivity contribution >= 4 is 17.7 Å². The number of carboxylic acid groups (broad SMARTS) is 1. The Morgan fingerprint density at radius 1 is 1.06 bits per heavy atom. The van der Waals surface area contributed by atoms with E-state index < -0.39 is 17.5 Å². The van der Waals surface area contributed by atoms with Crippen molar-refractivity contribution in [1.82, 2.24) is 5.16 Å².